The van der Waals surface area contributed by atoms with Crippen molar-refractivity contribution in [1.82, 2.24) is 9.62 Å². The van der Waals surface area contributed by atoms with Crippen molar-refractivity contribution >= 4 is 10.0 Å². The van der Waals surface area contributed by atoms with Gasteiger partial charge in [0.2, 0.25) is 10.0 Å². The maximum absolute atomic E-state index is 12.3. The van der Waals surface area contributed by atoms with Gasteiger partial charge in [0.15, 0.2) is 0 Å². The fourth-order valence-corrected chi connectivity index (χ4v) is 3.77. The number of piperidine rings is 1. The molecule has 5 nitrogen and oxygen atoms in total. The number of nitrogens with one attached hydrogen (secondary N) is 1. The molecular weight excluding hydrogens is 274 g/mol. The number of aryl methyl sites for hydroxylation is 1. The summed E-state index contributed by atoms with van der Waals surface area (Å²) in [5, 5.41) is 0. The van der Waals surface area contributed by atoms with Gasteiger partial charge >= 0.3 is 0 Å². The number of hydrogen-bond acceptors (Lipinski definition) is 4. The van der Waals surface area contributed by atoms with Crippen LogP contribution in [-0.4, -0.2) is 45.5 Å². The van der Waals surface area contributed by atoms with Gasteiger partial charge in [-0.25, -0.2) is 13.1 Å². The van der Waals surface area contributed by atoms with Gasteiger partial charge in [-0.1, -0.05) is 17.7 Å². The van der Waals surface area contributed by atoms with Gasteiger partial charge in [-0.2, -0.15) is 0 Å². The van der Waals surface area contributed by atoms with E-state index >= 15 is 0 Å². The van der Waals surface area contributed by atoms with E-state index in [1.165, 1.54) is 0 Å². The van der Waals surface area contributed by atoms with E-state index < -0.39 is 10.0 Å². The molecule has 3 N–H and O–H groups in total. The van der Waals surface area contributed by atoms with Crippen LogP contribution in [0.3, 0.4) is 0 Å². The third-order valence-electron chi connectivity index (χ3n) is 3.69. The van der Waals surface area contributed by atoms with Gasteiger partial charge < -0.3 is 10.6 Å². The number of rotatable bonds is 5. The first kappa shape index (κ1) is 15.4. The molecule has 0 aliphatic carbocycles. The predicted molar refractivity (Wildman–Crippen MR) is 80.0 cm³/mol. The Morgan fingerprint density at radius 3 is 2.40 bits per heavy atom. The van der Waals surface area contributed by atoms with Crippen molar-refractivity contribution in [3.63, 3.8) is 0 Å². The fraction of sp³-hybridized carbons (Fsp3) is 0.571. The molecule has 0 atom stereocenters. The molecule has 6 heteroatoms. The highest BCUT2D eigenvalue weighted by atomic mass is 32.2. The van der Waals surface area contributed by atoms with Crippen molar-refractivity contribution in [2.24, 2.45) is 5.73 Å². The second kappa shape index (κ2) is 6.67. The van der Waals surface area contributed by atoms with E-state index in [1.54, 1.807) is 12.1 Å². The highest BCUT2D eigenvalue weighted by Crippen LogP contribution is 2.15. The highest BCUT2D eigenvalue weighted by molar-refractivity contribution is 7.89. The van der Waals surface area contributed by atoms with Crippen LogP contribution in [0.1, 0.15) is 18.4 Å². The molecule has 1 aromatic rings. The summed E-state index contributed by atoms with van der Waals surface area (Å²) in [7, 11) is -3.40. The monoisotopic (exact) mass is 297 g/mol. The van der Waals surface area contributed by atoms with E-state index in [1.807, 2.05) is 19.1 Å². The summed E-state index contributed by atoms with van der Waals surface area (Å²) >= 11 is 0. The van der Waals surface area contributed by atoms with Crippen molar-refractivity contribution in [1.29, 1.82) is 0 Å². The molecule has 1 aromatic carbocycles. The molecular formula is C14H23N3O2S. The van der Waals surface area contributed by atoms with Crippen LogP contribution in [0.25, 0.3) is 0 Å². The van der Waals surface area contributed by atoms with E-state index in [2.05, 4.69) is 9.62 Å². The van der Waals surface area contributed by atoms with Gasteiger partial charge in [0.05, 0.1) is 4.90 Å². The first-order chi connectivity index (χ1) is 9.51. The van der Waals surface area contributed by atoms with Crippen LogP contribution in [0, 0.1) is 6.92 Å². The fourth-order valence-electron chi connectivity index (χ4n) is 2.46. The van der Waals surface area contributed by atoms with Crippen LogP contribution in [0.4, 0.5) is 0 Å². The maximum Gasteiger partial charge on any atom is 0.240 e. The quantitative estimate of drug-likeness (QED) is 0.839. The molecule has 0 radical (unpaired) electrons. The lowest BCUT2D eigenvalue weighted by Crippen LogP contribution is -2.45. The van der Waals surface area contributed by atoms with Gasteiger partial charge in [0.1, 0.15) is 0 Å². The van der Waals surface area contributed by atoms with Crippen LogP contribution >= 0.6 is 0 Å². The first-order valence-corrected chi connectivity index (χ1v) is 8.51. The van der Waals surface area contributed by atoms with Gasteiger partial charge in [-0.05, 0) is 45.0 Å². The molecule has 1 heterocycles. The zero-order valence-electron chi connectivity index (χ0n) is 11.9. The van der Waals surface area contributed by atoms with Gasteiger partial charge in [0, 0.05) is 19.1 Å². The third-order valence-corrected chi connectivity index (χ3v) is 5.22. The number of nitrogens with zero attached hydrogens (tertiary/aromatic N) is 1. The number of hydrogen-bond donors (Lipinski definition) is 2. The van der Waals surface area contributed by atoms with Crippen molar-refractivity contribution in [3.8, 4) is 0 Å². The van der Waals surface area contributed by atoms with Crippen molar-refractivity contribution in [2.75, 3.05) is 26.2 Å². The van der Waals surface area contributed by atoms with Crippen LogP contribution in [-0.2, 0) is 10.0 Å². The zero-order valence-corrected chi connectivity index (χ0v) is 12.7. The minimum absolute atomic E-state index is 0.0235. The van der Waals surface area contributed by atoms with Crippen LogP contribution < -0.4 is 10.5 Å². The highest BCUT2D eigenvalue weighted by Gasteiger charge is 2.24. The summed E-state index contributed by atoms with van der Waals surface area (Å²) in [4.78, 5) is 2.61. The Hall–Kier alpha value is -0.950. The minimum Gasteiger partial charge on any atom is -0.329 e. The number of benzene rings is 1. The van der Waals surface area contributed by atoms with Crippen LogP contribution in [0.5, 0.6) is 0 Å². The summed E-state index contributed by atoms with van der Waals surface area (Å²) in [5.74, 6) is 0. The van der Waals surface area contributed by atoms with E-state index in [0.29, 0.717) is 11.4 Å². The maximum atomic E-state index is 12.3. The number of sulfonamides is 1. The Kier molecular flexibility index (Phi) is 5.15. The predicted octanol–water partition coefficient (Wildman–Crippen LogP) is 0.696. The average molecular weight is 297 g/mol. The Bertz CT molecular complexity index is 520. The molecule has 0 aromatic heterocycles. The molecule has 2 rings (SSSR count). The summed E-state index contributed by atoms with van der Waals surface area (Å²) in [6.45, 7) is 5.28. The Balaban J connectivity index is 1.94. The average Bonchev–Trinajstić information content (AvgIpc) is 2.41. The molecule has 1 saturated heterocycles. The topological polar surface area (TPSA) is 75.4 Å². The van der Waals surface area contributed by atoms with E-state index in [9.17, 15) is 8.42 Å². The Labute approximate surface area is 121 Å². The van der Waals surface area contributed by atoms with Crippen molar-refractivity contribution in [2.45, 2.75) is 30.7 Å². The van der Waals surface area contributed by atoms with Gasteiger partial charge in [-0.15, -0.1) is 0 Å². The third kappa shape index (κ3) is 4.02. The molecule has 1 aliphatic rings. The normalized spacial score (nSPS) is 18.3. The molecule has 112 valence electrons. The summed E-state index contributed by atoms with van der Waals surface area (Å²) in [6.07, 6.45) is 1.68. The smallest absolute Gasteiger partial charge is 0.240 e. The molecule has 1 aliphatic heterocycles. The lowest BCUT2D eigenvalue weighted by atomic mass is 10.1. The van der Waals surface area contributed by atoms with Crippen LogP contribution in [0.15, 0.2) is 29.2 Å². The first-order valence-electron chi connectivity index (χ1n) is 7.03. The molecule has 1 fully saturated rings. The molecule has 0 bridgehead atoms. The van der Waals surface area contributed by atoms with Crippen molar-refractivity contribution in [3.05, 3.63) is 29.8 Å². The summed E-state index contributed by atoms with van der Waals surface area (Å²) < 4.78 is 27.4. The number of nitrogens with two attached hydrogens (primary N) is 1. The second-order valence-corrected chi connectivity index (χ2v) is 7.05. The van der Waals surface area contributed by atoms with Gasteiger partial charge in [-0.3, -0.25) is 0 Å². The van der Waals surface area contributed by atoms with Gasteiger partial charge in [0.25, 0.3) is 0 Å². The van der Waals surface area contributed by atoms with E-state index in [-0.39, 0.29) is 6.04 Å². The van der Waals surface area contributed by atoms with Crippen LogP contribution in [0.2, 0.25) is 0 Å². The lowest BCUT2D eigenvalue weighted by Gasteiger charge is -2.31. The Morgan fingerprint density at radius 2 is 1.85 bits per heavy atom. The van der Waals surface area contributed by atoms with E-state index in [0.717, 1.165) is 38.0 Å². The van der Waals surface area contributed by atoms with E-state index in [4.69, 9.17) is 5.73 Å². The summed E-state index contributed by atoms with van der Waals surface area (Å²) in [6, 6.07) is 6.97. The molecule has 0 spiro atoms. The second-order valence-electron chi connectivity index (χ2n) is 5.34. The SMILES string of the molecule is Cc1ccc(S(=O)(=O)NC2CCN(CCN)CC2)cc1. The zero-order chi connectivity index (χ0) is 14.6. The largest absolute Gasteiger partial charge is 0.329 e. The molecule has 20 heavy (non-hydrogen) atoms. The standard InChI is InChI=1S/C14H23N3O2S/c1-12-2-4-14(5-3-12)20(18,19)16-13-6-9-17(10-7-13)11-8-15/h2-5,13,16H,6-11,15H2,1H3. The summed E-state index contributed by atoms with van der Waals surface area (Å²) in [5.41, 5.74) is 6.59. The lowest BCUT2D eigenvalue weighted by molar-refractivity contribution is 0.212. The van der Waals surface area contributed by atoms with Crippen molar-refractivity contribution < 1.29 is 8.42 Å². The Morgan fingerprint density at radius 1 is 1.25 bits per heavy atom. The molecule has 0 saturated carbocycles. The number of likely N-dealkylation sites (tertiary alicyclic amines) is 1. The molecule has 0 amide bonds. The molecule has 0 unspecified atom stereocenters. The minimum atomic E-state index is -3.40.